The van der Waals surface area contributed by atoms with E-state index in [4.69, 9.17) is 0 Å². The summed E-state index contributed by atoms with van der Waals surface area (Å²) in [7, 11) is 0. The summed E-state index contributed by atoms with van der Waals surface area (Å²) in [6.45, 7) is 2.21. The highest BCUT2D eigenvalue weighted by atomic mass is 32.2. The Kier molecular flexibility index (Phi) is 6.12. The van der Waals surface area contributed by atoms with Crippen LogP contribution in [0.4, 0.5) is 0 Å². The van der Waals surface area contributed by atoms with Gasteiger partial charge in [-0.25, -0.2) is 0 Å². The van der Waals surface area contributed by atoms with E-state index in [1.165, 1.54) is 19.3 Å². The molecule has 0 radical (unpaired) electrons. The van der Waals surface area contributed by atoms with E-state index in [9.17, 15) is 0 Å². The van der Waals surface area contributed by atoms with Crippen LogP contribution in [0.1, 0.15) is 31.9 Å². The third kappa shape index (κ3) is 4.91. The van der Waals surface area contributed by atoms with Gasteiger partial charge in [-0.15, -0.1) is 11.8 Å². The van der Waals surface area contributed by atoms with Crippen LogP contribution in [0.15, 0.2) is 24.4 Å². The Morgan fingerprint density at radius 3 is 3.00 bits per heavy atom. The number of thiol groups is 1. The minimum atomic E-state index is 0.456. The van der Waals surface area contributed by atoms with Gasteiger partial charge in [-0.2, -0.15) is 12.6 Å². The van der Waals surface area contributed by atoms with Gasteiger partial charge in [0, 0.05) is 16.5 Å². The van der Waals surface area contributed by atoms with Gasteiger partial charge in [0.2, 0.25) is 0 Å². The van der Waals surface area contributed by atoms with Crippen LogP contribution in [0, 0.1) is 0 Å². The van der Waals surface area contributed by atoms with E-state index in [-0.39, 0.29) is 0 Å². The Morgan fingerprint density at radius 1 is 1.50 bits per heavy atom. The molecular formula is C11H17NS2. The third-order valence-electron chi connectivity index (χ3n) is 1.95. The Bertz CT molecular complexity index is 238. The molecule has 0 fully saturated rings. The van der Waals surface area contributed by atoms with E-state index in [2.05, 4.69) is 30.6 Å². The first-order valence-electron chi connectivity index (χ1n) is 5.02. The third-order valence-corrected chi connectivity index (χ3v) is 3.74. The predicted octanol–water partition coefficient (Wildman–Crippen LogP) is 3.76. The van der Waals surface area contributed by atoms with Gasteiger partial charge >= 0.3 is 0 Å². The number of unbranched alkanes of at least 4 members (excludes halogenated alkanes) is 1. The molecule has 0 aliphatic carbocycles. The second-order valence-corrected chi connectivity index (χ2v) is 5.39. The molecule has 0 N–H and O–H groups in total. The first-order chi connectivity index (χ1) is 6.83. The molecule has 0 aliphatic rings. The maximum Gasteiger partial charge on any atom is 0.0502 e. The van der Waals surface area contributed by atoms with Crippen molar-refractivity contribution in [3.8, 4) is 0 Å². The Hall–Kier alpha value is -0.150. The van der Waals surface area contributed by atoms with Gasteiger partial charge in [-0.3, -0.25) is 4.98 Å². The quantitative estimate of drug-likeness (QED) is 0.587. The average Bonchev–Trinajstić information content (AvgIpc) is 2.25. The van der Waals surface area contributed by atoms with Gasteiger partial charge in [0.15, 0.2) is 0 Å². The summed E-state index contributed by atoms with van der Waals surface area (Å²) in [5, 5.41) is 0. The van der Waals surface area contributed by atoms with Crippen molar-refractivity contribution in [2.75, 3.05) is 0 Å². The highest BCUT2D eigenvalue weighted by Crippen LogP contribution is 2.23. The molecule has 1 aromatic rings. The maximum atomic E-state index is 4.53. The summed E-state index contributed by atoms with van der Waals surface area (Å²) in [6.07, 6.45) is 5.55. The minimum absolute atomic E-state index is 0.456. The van der Waals surface area contributed by atoms with Gasteiger partial charge in [0.25, 0.3) is 0 Å². The maximum absolute atomic E-state index is 4.53. The molecule has 14 heavy (non-hydrogen) atoms. The SMILES string of the molecule is CCCCC(S)SCc1ccccn1. The molecule has 0 bridgehead atoms. The fourth-order valence-electron chi connectivity index (χ4n) is 1.13. The van der Waals surface area contributed by atoms with Crippen LogP contribution >= 0.6 is 24.4 Å². The number of aromatic nitrogens is 1. The van der Waals surface area contributed by atoms with E-state index < -0.39 is 0 Å². The zero-order chi connectivity index (χ0) is 10.2. The Morgan fingerprint density at radius 2 is 2.36 bits per heavy atom. The monoisotopic (exact) mass is 227 g/mol. The second kappa shape index (κ2) is 7.18. The fourth-order valence-corrected chi connectivity index (χ4v) is 2.40. The minimum Gasteiger partial charge on any atom is -0.260 e. The predicted molar refractivity (Wildman–Crippen MR) is 67.8 cm³/mol. The summed E-state index contributed by atoms with van der Waals surface area (Å²) in [5.41, 5.74) is 1.15. The van der Waals surface area contributed by atoms with E-state index in [0.717, 1.165) is 11.4 Å². The van der Waals surface area contributed by atoms with Gasteiger partial charge < -0.3 is 0 Å². The highest BCUT2D eigenvalue weighted by molar-refractivity contribution is 8.09. The number of hydrogen-bond acceptors (Lipinski definition) is 3. The standard InChI is InChI=1S/C11H17NS2/c1-2-3-7-11(13)14-9-10-6-4-5-8-12-10/h4-6,8,11,13H,2-3,7,9H2,1H3. The summed E-state index contributed by atoms with van der Waals surface area (Å²) >= 11 is 6.40. The summed E-state index contributed by atoms with van der Waals surface area (Å²) in [5.74, 6) is 0.971. The fraction of sp³-hybridized carbons (Fsp3) is 0.545. The van der Waals surface area contributed by atoms with Gasteiger partial charge in [0.1, 0.15) is 0 Å². The Balaban J connectivity index is 2.20. The molecule has 3 heteroatoms. The van der Waals surface area contributed by atoms with E-state index in [1.807, 2.05) is 30.1 Å². The number of thioether (sulfide) groups is 1. The van der Waals surface area contributed by atoms with Crippen molar-refractivity contribution in [3.63, 3.8) is 0 Å². The van der Waals surface area contributed by atoms with Crippen molar-refractivity contribution in [3.05, 3.63) is 30.1 Å². The number of hydrogen-bond donors (Lipinski definition) is 1. The lowest BCUT2D eigenvalue weighted by Crippen LogP contribution is -1.94. The molecule has 0 aromatic carbocycles. The van der Waals surface area contributed by atoms with Crippen molar-refractivity contribution in [1.29, 1.82) is 0 Å². The molecule has 1 aromatic heterocycles. The van der Waals surface area contributed by atoms with Gasteiger partial charge in [-0.05, 0) is 18.6 Å². The molecule has 0 spiro atoms. The first-order valence-corrected chi connectivity index (χ1v) is 6.59. The molecular weight excluding hydrogens is 210 g/mol. The number of rotatable bonds is 6. The molecule has 0 aliphatic heterocycles. The molecule has 1 heterocycles. The zero-order valence-corrected chi connectivity index (χ0v) is 10.2. The smallest absolute Gasteiger partial charge is 0.0502 e. The highest BCUT2D eigenvalue weighted by Gasteiger charge is 2.03. The van der Waals surface area contributed by atoms with Crippen LogP contribution in [-0.2, 0) is 5.75 Å². The number of pyridine rings is 1. The molecule has 78 valence electrons. The van der Waals surface area contributed by atoms with Crippen LogP contribution in [0.5, 0.6) is 0 Å². The Labute approximate surface area is 96.1 Å². The molecule has 0 saturated carbocycles. The van der Waals surface area contributed by atoms with Crippen molar-refractivity contribution < 1.29 is 0 Å². The molecule has 1 rings (SSSR count). The first kappa shape index (κ1) is 11.9. The van der Waals surface area contributed by atoms with Crippen LogP contribution in [-0.4, -0.2) is 9.57 Å². The molecule has 0 saturated heterocycles. The van der Waals surface area contributed by atoms with Crippen molar-refractivity contribution >= 4 is 24.4 Å². The second-order valence-electron chi connectivity index (χ2n) is 3.23. The largest absolute Gasteiger partial charge is 0.260 e. The van der Waals surface area contributed by atoms with E-state index in [1.54, 1.807) is 0 Å². The van der Waals surface area contributed by atoms with Gasteiger partial charge in [-0.1, -0.05) is 25.8 Å². The van der Waals surface area contributed by atoms with Crippen LogP contribution in [0.25, 0.3) is 0 Å². The van der Waals surface area contributed by atoms with Crippen molar-refractivity contribution in [2.24, 2.45) is 0 Å². The van der Waals surface area contributed by atoms with E-state index >= 15 is 0 Å². The van der Waals surface area contributed by atoms with Gasteiger partial charge in [0.05, 0.1) is 5.69 Å². The number of nitrogens with zero attached hydrogens (tertiary/aromatic N) is 1. The van der Waals surface area contributed by atoms with Crippen molar-refractivity contribution in [2.45, 2.75) is 36.5 Å². The molecule has 0 amide bonds. The molecule has 1 atom stereocenters. The summed E-state index contributed by atoms with van der Waals surface area (Å²) < 4.78 is 0.456. The normalized spacial score (nSPS) is 12.7. The van der Waals surface area contributed by atoms with Crippen molar-refractivity contribution in [1.82, 2.24) is 4.98 Å². The van der Waals surface area contributed by atoms with E-state index in [0.29, 0.717) is 4.58 Å². The van der Waals surface area contributed by atoms with Crippen LogP contribution < -0.4 is 0 Å². The zero-order valence-electron chi connectivity index (χ0n) is 8.52. The lowest BCUT2D eigenvalue weighted by molar-refractivity contribution is 0.764. The summed E-state index contributed by atoms with van der Waals surface area (Å²) in [4.78, 5) is 4.28. The van der Waals surface area contributed by atoms with Crippen LogP contribution in [0.2, 0.25) is 0 Å². The topological polar surface area (TPSA) is 12.9 Å². The molecule has 1 unspecified atom stereocenters. The molecule has 1 nitrogen and oxygen atoms in total. The van der Waals surface area contributed by atoms with Crippen LogP contribution in [0.3, 0.4) is 0 Å². The summed E-state index contributed by atoms with van der Waals surface area (Å²) in [6, 6.07) is 6.04. The lowest BCUT2D eigenvalue weighted by Gasteiger charge is -2.08. The lowest BCUT2D eigenvalue weighted by atomic mass is 10.3. The average molecular weight is 227 g/mol.